The molecule has 2 aromatic carbocycles. The highest BCUT2D eigenvalue weighted by atomic mass is 35.5. The quantitative estimate of drug-likeness (QED) is 0.904. The van der Waals surface area contributed by atoms with Crippen molar-refractivity contribution < 1.29 is 17.6 Å². The summed E-state index contributed by atoms with van der Waals surface area (Å²) in [6.07, 6.45) is 0.558. The third kappa shape index (κ3) is 3.37. The Morgan fingerprint density at radius 2 is 1.88 bits per heavy atom. The highest BCUT2D eigenvalue weighted by molar-refractivity contribution is 7.93. The minimum Gasteiger partial charge on any atom is -0.321 e. The van der Waals surface area contributed by atoms with E-state index in [4.69, 9.17) is 11.6 Å². The molecule has 8 heteroatoms. The van der Waals surface area contributed by atoms with E-state index < -0.39 is 21.7 Å². The minimum absolute atomic E-state index is 0.104. The molecule has 1 aliphatic rings. The van der Waals surface area contributed by atoms with Crippen molar-refractivity contribution in [2.75, 3.05) is 21.9 Å². The van der Waals surface area contributed by atoms with Crippen LogP contribution in [0.2, 0.25) is 5.02 Å². The zero-order valence-electron chi connectivity index (χ0n) is 12.5. The second-order valence-electron chi connectivity index (χ2n) is 5.37. The van der Waals surface area contributed by atoms with Crippen molar-refractivity contribution in [2.24, 2.45) is 0 Å². The maximum atomic E-state index is 12.9. The first-order valence-corrected chi connectivity index (χ1v) is 9.22. The number of sulfonamides is 1. The summed E-state index contributed by atoms with van der Waals surface area (Å²) in [5, 5.41) is 2.91. The molecule has 24 heavy (non-hydrogen) atoms. The van der Waals surface area contributed by atoms with Gasteiger partial charge < -0.3 is 5.32 Å². The number of hydrogen-bond donors (Lipinski definition) is 1. The Labute approximate surface area is 144 Å². The summed E-state index contributed by atoms with van der Waals surface area (Å²) < 4.78 is 38.2. The lowest BCUT2D eigenvalue weighted by Gasteiger charge is -2.18. The van der Waals surface area contributed by atoms with Crippen molar-refractivity contribution >= 4 is 38.9 Å². The van der Waals surface area contributed by atoms with Gasteiger partial charge in [0.1, 0.15) is 5.82 Å². The van der Waals surface area contributed by atoms with Gasteiger partial charge in [-0.25, -0.2) is 12.8 Å². The standard InChI is InChI=1S/C16H14ClFN2O3S/c17-14-7-6-13(20-8-1-9-24(20,22)23)10-15(14)19-16(21)11-2-4-12(18)5-3-11/h2-7,10H,1,8-9H2,(H,19,21). The third-order valence-electron chi connectivity index (χ3n) is 3.69. The molecule has 0 aliphatic carbocycles. The number of hydrogen-bond acceptors (Lipinski definition) is 3. The lowest BCUT2D eigenvalue weighted by molar-refractivity contribution is 0.102. The largest absolute Gasteiger partial charge is 0.321 e. The van der Waals surface area contributed by atoms with E-state index in [1.165, 1.54) is 40.7 Å². The average Bonchev–Trinajstić information content (AvgIpc) is 2.89. The summed E-state index contributed by atoms with van der Waals surface area (Å²) in [6.45, 7) is 0.398. The van der Waals surface area contributed by atoms with Crippen LogP contribution in [0.15, 0.2) is 42.5 Å². The van der Waals surface area contributed by atoms with Crippen LogP contribution in [0, 0.1) is 5.82 Å². The zero-order valence-corrected chi connectivity index (χ0v) is 14.1. The van der Waals surface area contributed by atoms with E-state index >= 15 is 0 Å². The number of amides is 1. The predicted molar refractivity (Wildman–Crippen MR) is 91.6 cm³/mol. The van der Waals surface area contributed by atoms with Crippen molar-refractivity contribution in [2.45, 2.75) is 6.42 Å². The average molecular weight is 369 g/mol. The summed E-state index contributed by atoms with van der Waals surface area (Å²) in [6, 6.07) is 9.73. The fourth-order valence-corrected chi connectivity index (χ4v) is 4.21. The molecule has 1 N–H and O–H groups in total. The van der Waals surface area contributed by atoms with Gasteiger partial charge in [0.15, 0.2) is 0 Å². The zero-order chi connectivity index (χ0) is 17.3. The molecule has 2 aromatic rings. The monoisotopic (exact) mass is 368 g/mol. The van der Waals surface area contributed by atoms with E-state index in [0.29, 0.717) is 24.3 Å². The molecule has 0 radical (unpaired) electrons. The van der Waals surface area contributed by atoms with Crippen LogP contribution < -0.4 is 9.62 Å². The lowest BCUT2D eigenvalue weighted by atomic mass is 10.2. The van der Waals surface area contributed by atoms with Crippen LogP contribution in [0.25, 0.3) is 0 Å². The molecule has 126 valence electrons. The smallest absolute Gasteiger partial charge is 0.255 e. The van der Waals surface area contributed by atoms with E-state index in [1.807, 2.05) is 0 Å². The molecule has 1 saturated heterocycles. The topological polar surface area (TPSA) is 66.5 Å². The summed E-state index contributed by atoms with van der Waals surface area (Å²) in [7, 11) is -3.32. The minimum atomic E-state index is -3.32. The second kappa shape index (κ2) is 6.41. The first-order chi connectivity index (χ1) is 11.4. The number of rotatable bonds is 3. The number of anilines is 2. The first-order valence-electron chi connectivity index (χ1n) is 7.24. The summed E-state index contributed by atoms with van der Waals surface area (Å²) >= 11 is 6.09. The van der Waals surface area contributed by atoms with Gasteiger partial charge in [0.05, 0.1) is 22.2 Å². The Morgan fingerprint density at radius 1 is 1.17 bits per heavy atom. The highest BCUT2D eigenvalue weighted by Gasteiger charge is 2.28. The number of nitrogens with one attached hydrogen (secondary N) is 1. The van der Waals surface area contributed by atoms with Crippen LogP contribution >= 0.6 is 11.6 Å². The Kier molecular flexibility index (Phi) is 4.47. The molecule has 3 rings (SSSR count). The molecule has 5 nitrogen and oxygen atoms in total. The molecule has 1 amide bonds. The van der Waals surface area contributed by atoms with E-state index in [1.54, 1.807) is 6.07 Å². The van der Waals surface area contributed by atoms with Crippen LogP contribution in [0.3, 0.4) is 0 Å². The van der Waals surface area contributed by atoms with Crippen molar-refractivity contribution in [1.82, 2.24) is 0 Å². The number of halogens is 2. The van der Waals surface area contributed by atoms with Crippen LogP contribution in [0.1, 0.15) is 16.8 Å². The van der Waals surface area contributed by atoms with E-state index in [-0.39, 0.29) is 16.3 Å². The van der Waals surface area contributed by atoms with Crippen molar-refractivity contribution in [3.63, 3.8) is 0 Å². The second-order valence-corrected chi connectivity index (χ2v) is 7.79. The molecule has 1 fully saturated rings. The molecular formula is C16H14ClFN2O3S. The summed E-state index contributed by atoms with van der Waals surface area (Å²) in [5.41, 5.74) is 1.02. The molecule has 0 atom stereocenters. The maximum Gasteiger partial charge on any atom is 0.255 e. The molecule has 1 aliphatic heterocycles. The molecule has 0 bridgehead atoms. The molecular weight excluding hydrogens is 355 g/mol. The van der Waals surface area contributed by atoms with Crippen LogP contribution in [-0.4, -0.2) is 26.6 Å². The summed E-state index contributed by atoms with van der Waals surface area (Å²) in [4.78, 5) is 12.2. The molecule has 1 heterocycles. The number of nitrogens with zero attached hydrogens (tertiary/aromatic N) is 1. The number of carbonyl (C=O) groups is 1. The predicted octanol–water partition coefficient (Wildman–Crippen LogP) is 3.27. The summed E-state index contributed by atoms with van der Waals surface area (Å²) in [5.74, 6) is -0.795. The first kappa shape index (κ1) is 16.7. The van der Waals surface area contributed by atoms with Gasteiger partial charge in [0.25, 0.3) is 5.91 Å². The van der Waals surface area contributed by atoms with Gasteiger partial charge in [-0.15, -0.1) is 0 Å². The van der Waals surface area contributed by atoms with Gasteiger partial charge >= 0.3 is 0 Å². The van der Waals surface area contributed by atoms with E-state index in [2.05, 4.69) is 5.32 Å². The van der Waals surface area contributed by atoms with E-state index in [9.17, 15) is 17.6 Å². The molecule has 0 spiro atoms. The molecule has 0 saturated carbocycles. The van der Waals surface area contributed by atoms with Crippen molar-refractivity contribution in [3.05, 3.63) is 58.9 Å². The molecule has 0 aromatic heterocycles. The van der Waals surface area contributed by atoms with Crippen molar-refractivity contribution in [1.29, 1.82) is 0 Å². The maximum absolute atomic E-state index is 12.9. The van der Waals surface area contributed by atoms with Crippen molar-refractivity contribution in [3.8, 4) is 0 Å². The lowest BCUT2D eigenvalue weighted by Crippen LogP contribution is -2.25. The number of benzene rings is 2. The molecule has 0 unspecified atom stereocenters. The van der Waals surface area contributed by atoms with Gasteiger partial charge in [0, 0.05) is 12.1 Å². The third-order valence-corrected chi connectivity index (χ3v) is 5.89. The van der Waals surface area contributed by atoms with Crippen LogP contribution in [0.4, 0.5) is 15.8 Å². The fraction of sp³-hybridized carbons (Fsp3) is 0.188. The Morgan fingerprint density at radius 3 is 2.50 bits per heavy atom. The Hall–Kier alpha value is -2.12. The Bertz CT molecular complexity index is 885. The highest BCUT2D eigenvalue weighted by Crippen LogP contribution is 2.31. The van der Waals surface area contributed by atoms with Gasteiger partial charge in [0.2, 0.25) is 10.0 Å². The Balaban J connectivity index is 1.87. The van der Waals surface area contributed by atoms with E-state index in [0.717, 1.165) is 0 Å². The van der Waals surface area contributed by atoms with Gasteiger partial charge in [-0.3, -0.25) is 9.10 Å². The number of carbonyl (C=O) groups excluding carboxylic acids is 1. The van der Waals surface area contributed by atoms with Gasteiger partial charge in [-0.1, -0.05) is 11.6 Å². The van der Waals surface area contributed by atoms with Gasteiger partial charge in [-0.2, -0.15) is 0 Å². The normalized spacial score (nSPS) is 16.2. The van der Waals surface area contributed by atoms with Gasteiger partial charge in [-0.05, 0) is 48.9 Å². The van der Waals surface area contributed by atoms with Crippen LogP contribution in [-0.2, 0) is 10.0 Å². The fourth-order valence-electron chi connectivity index (χ4n) is 2.49. The SMILES string of the molecule is O=C(Nc1cc(N2CCCS2(=O)=O)ccc1Cl)c1ccc(F)cc1. The van der Waals surface area contributed by atoms with Crippen LogP contribution in [0.5, 0.6) is 0 Å².